The molecule has 116 valence electrons. The van der Waals surface area contributed by atoms with Crippen LogP contribution in [0.5, 0.6) is 5.75 Å². The number of nitrogens with one attached hydrogen (secondary N) is 1. The van der Waals surface area contributed by atoms with Crippen LogP contribution in [0.3, 0.4) is 0 Å². The fourth-order valence-corrected chi connectivity index (χ4v) is 1.38. The maximum absolute atomic E-state index is 11.9. The van der Waals surface area contributed by atoms with Crippen LogP contribution in [-0.4, -0.2) is 33.0 Å². The molecule has 0 aliphatic heterocycles. The third-order valence-electron chi connectivity index (χ3n) is 2.27. The highest BCUT2D eigenvalue weighted by Gasteiger charge is 2.27. The van der Waals surface area contributed by atoms with Gasteiger partial charge in [0.15, 0.2) is 6.61 Å². The summed E-state index contributed by atoms with van der Waals surface area (Å²) < 4.78 is 49.5. The van der Waals surface area contributed by atoms with Gasteiger partial charge in [-0.3, -0.25) is 0 Å². The van der Waals surface area contributed by atoms with E-state index < -0.39 is 18.8 Å². The van der Waals surface area contributed by atoms with Crippen LogP contribution in [0.4, 0.5) is 18.9 Å². The first-order valence-corrected chi connectivity index (χ1v) is 5.73. The van der Waals surface area contributed by atoms with Crippen molar-refractivity contribution in [1.82, 2.24) is 0 Å². The van der Waals surface area contributed by atoms with E-state index in [-0.39, 0.29) is 5.56 Å². The summed E-state index contributed by atoms with van der Waals surface area (Å²) in [5, 5.41) is 2.66. The van der Waals surface area contributed by atoms with E-state index in [4.69, 9.17) is 4.74 Å². The number of methoxy groups -OCH3 is 2. The summed E-state index contributed by atoms with van der Waals surface area (Å²) in [5.74, 6) is -0.138. The zero-order valence-electron chi connectivity index (χ0n) is 11.4. The van der Waals surface area contributed by atoms with E-state index >= 15 is 0 Å². The van der Waals surface area contributed by atoms with Crippen LogP contribution in [-0.2, 0) is 9.47 Å². The third kappa shape index (κ3) is 5.64. The maximum atomic E-state index is 11.9. The lowest BCUT2D eigenvalue weighted by atomic mass is 10.2. The van der Waals surface area contributed by atoms with E-state index in [9.17, 15) is 18.0 Å². The molecule has 0 aliphatic carbocycles. The van der Waals surface area contributed by atoms with Crippen LogP contribution in [0.15, 0.2) is 30.7 Å². The Hall–Kier alpha value is -2.38. The Morgan fingerprint density at radius 3 is 2.62 bits per heavy atom. The highest BCUT2D eigenvalue weighted by molar-refractivity contribution is 5.91. The van der Waals surface area contributed by atoms with Gasteiger partial charge in [0.1, 0.15) is 5.75 Å². The zero-order valence-corrected chi connectivity index (χ0v) is 11.4. The van der Waals surface area contributed by atoms with E-state index in [0.717, 1.165) is 12.5 Å². The monoisotopic (exact) mass is 305 g/mol. The number of esters is 1. The van der Waals surface area contributed by atoms with Crippen molar-refractivity contribution < 1.29 is 32.2 Å². The molecule has 0 fully saturated rings. The van der Waals surface area contributed by atoms with Crippen molar-refractivity contribution >= 4 is 11.7 Å². The second-order valence-corrected chi connectivity index (χ2v) is 3.78. The SMILES string of the molecule is COC(=O)c1ccc(OC)c(N/C=C\OCC(F)(F)F)c1. The number of carbonyl (C=O) groups is 1. The van der Waals surface area contributed by atoms with Crippen molar-refractivity contribution in [3.8, 4) is 5.75 Å². The quantitative estimate of drug-likeness (QED) is 0.647. The van der Waals surface area contributed by atoms with E-state index in [2.05, 4.69) is 14.8 Å². The summed E-state index contributed by atoms with van der Waals surface area (Å²) in [6.07, 6.45) is -2.38. The van der Waals surface area contributed by atoms with Gasteiger partial charge in [-0.05, 0) is 18.2 Å². The summed E-state index contributed by atoms with van der Waals surface area (Å²) in [5.41, 5.74) is 0.651. The van der Waals surface area contributed by atoms with Gasteiger partial charge in [0.25, 0.3) is 0 Å². The molecule has 1 aromatic carbocycles. The molecule has 0 saturated carbocycles. The first-order valence-electron chi connectivity index (χ1n) is 5.73. The van der Waals surface area contributed by atoms with Gasteiger partial charge >= 0.3 is 12.1 Å². The van der Waals surface area contributed by atoms with Crippen molar-refractivity contribution in [3.05, 3.63) is 36.2 Å². The van der Waals surface area contributed by atoms with Crippen molar-refractivity contribution in [2.24, 2.45) is 0 Å². The summed E-state index contributed by atoms with van der Waals surface area (Å²) in [4.78, 5) is 11.4. The fourth-order valence-electron chi connectivity index (χ4n) is 1.38. The standard InChI is InChI=1S/C13H14F3NO4/c1-19-11-4-3-9(12(18)20-2)7-10(11)17-5-6-21-8-13(14,15)16/h3-7,17H,8H2,1-2H3/b6-5-. The van der Waals surface area contributed by atoms with Gasteiger partial charge < -0.3 is 19.5 Å². The van der Waals surface area contributed by atoms with Gasteiger partial charge in [-0.15, -0.1) is 0 Å². The van der Waals surface area contributed by atoms with Crippen LogP contribution in [0.2, 0.25) is 0 Å². The molecule has 5 nitrogen and oxygen atoms in total. The van der Waals surface area contributed by atoms with Gasteiger partial charge in [0, 0.05) is 6.20 Å². The van der Waals surface area contributed by atoms with Crippen LogP contribution < -0.4 is 10.1 Å². The van der Waals surface area contributed by atoms with Crippen molar-refractivity contribution in [2.75, 3.05) is 26.1 Å². The molecule has 0 saturated heterocycles. The van der Waals surface area contributed by atoms with Gasteiger partial charge in [0.05, 0.1) is 31.7 Å². The number of ether oxygens (including phenoxy) is 3. The first-order chi connectivity index (χ1) is 9.87. The number of hydrogen-bond donors (Lipinski definition) is 1. The second kappa shape index (κ2) is 7.41. The molecule has 1 rings (SSSR count). The van der Waals surface area contributed by atoms with Gasteiger partial charge in [-0.1, -0.05) is 0 Å². The normalized spacial score (nSPS) is 11.3. The van der Waals surface area contributed by atoms with Gasteiger partial charge in [0.2, 0.25) is 0 Å². The molecule has 0 aromatic heterocycles. The molecule has 0 radical (unpaired) electrons. The highest BCUT2D eigenvalue weighted by atomic mass is 19.4. The predicted octanol–water partition coefficient (Wildman–Crippen LogP) is 2.94. The van der Waals surface area contributed by atoms with E-state index in [1.54, 1.807) is 0 Å². The topological polar surface area (TPSA) is 56.8 Å². The van der Waals surface area contributed by atoms with E-state index in [1.165, 1.54) is 32.4 Å². The number of rotatable bonds is 6. The van der Waals surface area contributed by atoms with Crippen LogP contribution >= 0.6 is 0 Å². The van der Waals surface area contributed by atoms with Crippen LogP contribution in [0.1, 0.15) is 10.4 Å². The first kappa shape index (κ1) is 16.7. The molecule has 0 spiro atoms. The molecule has 0 heterocycles. The lowest BCUT2D eigenvalue weighted by molar-refractivity contribution is -0.161. The Morgan fingerprint density at radius 1 is 1.33 bits per heavy atom. The molecule has 8 heteroatoms. The molecule has 1 N–H and O–H groups in total. The minimum atomic E-state index is -4.40. The Balaban J connectivity index is 2.72. The zero-order chi connectivity index (χ0) is 15.9. The minimum Gasteiger partial charge on any atom is -0.495 e. The second-order valence-electron chi connectivity index (χ2n) is 3.78. The Bertz CT molecular complexity index is 515. The minimum absolute atomic E-state index is 0.269. The summed E-state index contributed by atoms with van der Waals surface area (Å²) >= 11 is 0. The molecular weight excluding hydrogens is 291 g/mol. The molecule has 0 aliphatic rings. The van der Waals surface area contributed by atoms with E-state index in [0.29, 0.717) is 11.4 Å². The average Bonchev–Trinajstić information content (AvgIpc) is 2.44. The lowest BCUT2D eigenvalue weighted by Gasteiger charge is -2.10. The van der Waals surface area contributed by atoms with Gasteiger partial charge in [-0.2, -0.15) is 13.2 Å². The van der Waals surface area contributed by atoms with Crippen molar-refractivity contribution in [3.63, 3.8) is 0 Å². The number of carbonyl (C=O) groups excluding carboxylic acids is 1. The smallest absolute Gasteiger partial charge is 0.422 e. The average molecular weight is 305 g/mol. The Labute approximate surface area is 119 Å². The molecule has 0 atom stereocenters. The Morgan fingerprint density at radius 2 is 2.05 bits per heavy atom. The number of alkyl halides is 3. The third-order valence-corrected chi connectivity index (χ3v) is 2.27. The number of anilines is 1. The number of hydrogen-bond acceptors (Lipinski definition) is 5. The summed E-state index contributed by atoms with van der Waals surface area (Å²) in [6.45, 7) is -1.38. The lowest BCUT2D eigenvalue weighted by Crippen LogP contribution is -2.14. The van der Waals surface area contributed by atoms with E-state index in [1.807, 2.05) is 0 Å². The molecular formula is C13H14F3NO4. The largest absolute Gasteiger partial charge is 0.495 e. The number of halogens is 3. The fraction of sp³-hybridized carbons (Fsp3) is 0.308. The highest BCUT2D eigenvalue weighted by Crippen LogP contribution is 2.25. The molecule has 1 aromatic rings. The van der Waals surface area contributed by atoms with Crippen LogP contribution in [0.25, 0.3) is 0 Å². The van der Waals surface area contributed by atoms with Gasteiger partial charge in [-0.25, -0.2) is 4.79 Å². The van der Waals surface area contributed by atoms with Crippen LogP contribution in [0, 0.1) is 0 Å². The van der Waals surface area contributed by atoms with Crippen molar-refractivity contribution in [1.29, 1.82) is 0 Å². The predicted molar refractivity (Wildman–Crippen MR) is 69.1 cm³/mol. The maximum Gasteiger partial charge on any atom is 0.422 e. The summed E-state index contributed by atoms with van der Waals surface area (Å²) in [6, 6.07) is 4.47. The molecule has 0 bridgehead atoms. The van der Waals surface area contributed by atoms with Crippen molar-refractivity contribution in [2.45, 2.75) is 6.18 Å². The summed E-state index contributed by atoms with van der Waals surface area (Å²) in [7, 11) is 2.66. The molecule has 0 unspecified atom stereocenters. The molecule has 0 amide bonds. The Kier molecular flexibility index (Phi) is 5.89. The molecule has 21 heavy (non-hydrogen) atoms. The number of benzene rings is 1.